The maximum Gasteiger partial charge on any atom is 0.504 e. The molecule has 0 saturated heterocycles. The highest BCUT2D eigenvalue weighted by molar-refractivity contribution is 9.19. The van der Waals surface area contributed by atoms with Crippen LogP contribution in [0.3, 0.4) is 0 Å². The molecule has 106 valence electrons. The fourth-order valence-electron chi connectivity index (χ4n) is 0.625. The van der Waals surface area contributed by atoms with E-state index >= 15 is 0 Å². The van der Waals surface area contributed by atoms with Crippen molar-refractivity contribution < 1.29 is 44.3 Å². The highest BCUT2D eigenvalue weighted by Gasteiger charge is 2.58. The second-order valence-corrected chi connectivity index (χ2v) is 3.20. The first kappa shape index (κ1) is 17.0. The van der Waals surface area contributed by atoms with Gasteiger partial charge in [-0.25, -0.2) is 0 Å². The lowest BCUT2D eigenvalue weighted by atomic mass is 10.5. The lowest BCUT2D eigenvalue weighted by Gasteiger charge is -2.26. The minimum absolute atomic E-state index is 1.40. The molecule has 0 saturated carbocycles. The van der Waals surface area contributed by atoms with Crippen molar-refractivity contribution in [2.75, 3.05) is 0 Å². The van der Waals surface area contributed by atoms with Gasteiger partial charge in [0.15, 0.2) is 4.62 Å². The topological polar surface area (TPSA) is 32.7 Å². The van der Waals surface area contributed by atoms with Crippen LogP contribution in [0.5, 0.6) is 0 Å². The Morgan fingerprint density at radius 1 is 0.889 bits per heavy atom. The van der Waals surface area contributed by atoms with E-state index in [1.54, 1.807) is 15.9 Å². The summed E-state index contributed by atoms with van der Waals surface area (Å²) in [6, 6.07) is 0. The molecule has 0 aromatic carbocycles. The molecular formula is C5BrF9N2O. The number of rotatable bonds is 1. The number of carbonyl (C=O) groups is 1. The smallest absolute Gasteiger partial charge is 0.266 e. The second kappa shape index (κ2) is 4.93. The van der Waals surface area contributed by atoms with E-state index in [9.17, 15) is 44.3 Å². The molecule has 0 aliphatic heterocycles. The van der Waals surface area contributed by atoms with Gasteiger partial charge in [-0.2, -0.15) is 9.89 Å². The second-order valence-electron chi connectivity index (χ2n) is 2.45. The zero-order valence-corrected chi connectivity index (χ0v) is 9.17. The minimum Gasteiger partial charge on any atom is -0.266 e. The molecule has 3 nitrogen and oxygen atoms in total. The maximum atomic E-state index is 11.9. The van der Waals surface area contributed by atoms with Crippen molar-refractivity contribution >= 4 is 26.5 Å². The van der Waals surface area contributed by atoms with Crippen molar-refractivity contribution in [3.63, 3.8) is 0 Å². The van der Waals surface area contributed by atoms with Gasteiger partial charge in [-0.1, -0.05) is 0 Å². The molecule has 0 radical (unpaired) electrons. The molecule has 1 amide bonds. The first-order valence-electron chi connectivity index (χ1n) is 3.46. The molecule has 0 unspecified atom stereocenters. The van der Waals surface area contributed by atoms with E-state index in [1.165, 1.54) is 4.99 Å². The highest BCUT2D eigenvalue weighted by atomic mass is 79.9. The Kier molecular flexibility index (Phi) is 4.66. The van der Waals surface area contributed by atoms with Gasteiger partial charge in [0.2, 0.25) is 0 Å². The average molecular weight is 355 g/mol. The molecule has 0 spiro atoms. The monoisotopic (exact) mass is 354 g/mol. The van der Waals surface area contributed by atoms with Crippen molar-refractivity contribution in [2.24, 2.45) is 4.99 Å². The van der Waals surface area contributed by atoms with E-state index < -0.39 is 34.3 Å². The molecule has 0 N–H and O–H groups in total. The summed E-state index contributed by atoms with van der Waals surface area (Å²) in [5.41, 5.74) is 0. The summed E-state index contributed by atoms with van der Waals surface area (Å²) in [5.74, 6) is -3.03. The number of hydrogen-bond donors (Lipinski definition) is 0. The van der Waals surface area contributed by atoms with Gasteiger partial charge in [0.1, 0.15) is 0 Å². The average Bonchev–Trinajstić information content (AvgIpc) is 1.93. The maximum absolute atomic E-state index is 11.9. The molecule has 0 heterocycles. The Hall–Kier alpha value is -1.01. The first-order chi connectivity index (χ1) is 7.66. The number of aliphatic imine (C=N–C) groups is 1. The largest absolute Gasteiger partial charge is 0.504 e. The van der Waals surface area contributed by atoms with Crippen molar-refractivity contribution in [1.29, 1.82) is 0 Å². The van der Waals surface area contributed by atoms with Crippen molar-refractivity contribution in [3.05, 3.63) is 0 Å². The third-order valence-corrected chi connectivity index (χ3v) is 1.63. The summed E-state index contributed by atoms with van der Waals surface area (Å²) >= 11 is 1.60. The standard InChI is InChI=1S/C5BrF9N2O/c6-1(16-3(7,8)9)2(18)17(4(10,11)12)5(13,14)15. The van der Waals surface area contributed by atoms with Gasteiger partial charge in [-0.15, -0.1) is 39.5 Å². The molecule has 0 aliphatic rings. The molecule has 0 aromatic heterocycles. The third-order valence-electron chi connectivity index (χ3n) is 1.11. The Morgan fingerprint density at radius 2 is 1.22 bits per heavy atom. The minimum atomic E-state index is -6.24. The third kappa shape index (κ3) is 5.10. The molecule has 0 aliphatic carbocycles. The van der Waals surface area contributed by atoms with Gasteiger partial charge in [-0.05, 0) is 15.9 Å². The van der Waals surface area contributed by atoms with Crippen LogP contribution in [0, 0.1) is 0 Å². The molecular weight excluding hydrogens is 355 g/mol. The van der Waals surface area contributed by atoms with Crippen molar-refractivity contribution in [1.82, 2.24) is 4.90 Å². The van der Waals surface area contributed by atoms with Gasteiger partial charge in [0.25, 0.3) is 5.91 Å². The van der Waals surface area contributed by atoms with Crippen LogP contribution in [0.25, 0.3) is 0 Å². The molecule has 0 atom stereocenters. The first-order valence-corrected chi connectivity index (χ1v) is 4.25. The Labute approximate surface area is 100 Å². The molecule has 18 heavy (non-hydrogen) atoms. The quantitative estimate of drug-likeness (QED) is 0.404. The predicted octanol–water partition coefficient (Wildman–Crippen LogP) is 3.17. The van der Waals surface area contributed by atoms with E-state index in [1.807, 2.05) is 0 Å². The highest BCUT2D eigenvalue weighted by Crippen LogP contribution is 2.34. The summed E-state index contributed by atoms with van der Waals surface area (Å²) in [7, 11) is 0. The van der Waals surface area contributed by atoms with Gasteiger partial charge >= 0.3 is 18.9 Å². The molecule has 0 fully saturated rings. The number of alkyl halides is 9. The number of hydrogen-bond acceptors (Lipinski definition) is 2. The summed E-state index contributed by atoms with van der Waals surface area (Å²) in [6.45, 7) is 0. The van der Waals surface area contributed by atoms with Crippen LogP contribution in [-0.4, -0.2) is 34.3 Å². The van der Waals surface area contributed by atoms with E-state index in [0.717, 1.165) is 0 Å². The fourth-order valence-corrected chi connectivity index (χ4v) is 1.00. The predicted molar refractivity (Wildman–Crippen MR) is 41.4 cm³/mol. The molecule has 13 heteroatoms. The summed E-state index contributed by atoms with van der Waals surface area (Å²) in [4.78, 5) is 9.38. The SMILES string of the molecule is O=C(C(Br)=NC(F)(F)F)N(C(F)(F)F)C(F)(F)F. The van der Waals surface area contributed by atoms with Crippen LogP contribution in [0.1, 0.15) is 0 Å². The summed E-state index contributed by atoms with van der Waals surface area (Å²) < 4.78 is 104. The molecule has 0 rings (SSSR count). The van der Waals surface area contributed by atoms with Crippen LogP contribution in [0.2, 0.25) is 0 Å². The lowest BCUT2D eigenvalue weighted by Crippen LogP contribution is -2.53. The van der Waals surface area contributed by atoms with Crippen LogP contribution < -0.4 is 0 Å². The van der Waals surface area contributed by atoms with Crippen LogP contribution in [0.15, 0.2) is 4.99 Å². The van der Waals surface area contributed by atoms with Crippen LogP contribution in [-0.2, 0) is 4.79 Å². The number of carbonyl (C=O) groups excluding carboxylic acids is 1. The Balaban J connectivity index is 5.45. The van der Waals surface area contributed by atoms with Crippen molar-refractivity contribution in [2.45, 2.75) is 18.9 Å². The van der Waals surface area contributed by atoms with Gasteiger partial charge < -0.3 is 0 Å². The Morgan fingerprint density at radius 3 is 1.44 bits per heavy atom. The number of amides is 1. The van der Waals surface area contributed by atoms with Gasteiger partial charge in [0.05, 0.1) is 0 Å². The van der Waals surface area contributed by atoms with Crippen molar-refractivity contribution in [3.8, 4) is 0 Å². The number of nitrogens with zero attached hydrogens (tertiary/aromatic N) is 2. The molecule has 0 aromatic rings. The normalized spacial score (nSPS) is 14.7. The van der Waals surface area contributed by atoms with E-state index in [0.29, 0.717) is 0 Å². The van der Waals surface area contributed by atoms with Gasteiger partial charge in [0, 0.05) is 0 Å². The summed E-state index contributed by atoms with van der Waals surface area (Å²) in [6.07, 6.45) is -18.0. The Bertz CT molecular complexity index is 339. The zero-order chi connectivity index (χ0) is 14.9. The van der Waals surface area contributed by atoms with Crippen LogP contribution >= 0.6 is 15.9 Å². The van der Waals surface area contributed by atoms with E-state index in [2.05, 4.69) is 0 Å². The van der Waals surface area contributed by atoms with Crippen LogP contribution in [0.4, 0.5) is 39.5 Å². The van der Waals surface area contributed by atoms with E-state index in [-0.39, 0.29) is 0 Å². The lowest BCUT2D eigenvalue weighted by molar-refractivity contribution is -0.353. The summed E-state index contributed by atoms with van der Waals surface area (Å²) in [5, 5.41) is 0. The van der Waals surface area contributed by atoms with Gasteiger partial charge in [-0.3, -0.25) is 4.79 Å². The molecule has 0 bridgehead atoms. The number of halogens is 10. The zero-order valence-electron chi connectivity index (χ0n) is 7.58. The fraction of sp³-hybridized carbons (Fsp3) is 0.600. The van der Waals surface area contributed by atoms with E-state index in [4.69, 9.17) is 0 Å².